The Morgan fingerprint density at radius 3 is 2.32 bits per heavy atom. The summed E-state index contributed by atoms with van der Waals surface area (Å²) in [6.07, 6.45) is -0.763. The highest BCUT2D eigenvalue weighted by Crippen LogP contribution is 2.30. The first-order chi connectivity index (χ1) is 17.4. The molecule has 0 saturated carbocycles. The molecule has 1 saturated heterocycles. The third kappa shape index (κ3) is 9.31. The first-order valence-electron chi connectivity index (χ1n) is 11.6. The second-order valence-corrected chi connectivity index (χ2v) is 12.4. The normalized spacial score (nSPS) is 18.0. The summed E-state index contributed by atoms with van der Waals surface area (Å²) in [7, 11) is 0. The van der Waals surface area contributed by atoms with Crippen molar-refractivity contribution in [3.05, 3.63) is 20.5 Å². The standard InChI is InChI=1S/C22H33ClN8O6S/c1-20(2,3)35-17(33)22(7,8)37-30-14(16(32)27-12-9-25-11(12)10-26-31-24)13-15(23)38-18(28-13)29-19(34)36-21(4,5)6/h11-12,25H,9-10H2,1-8H3,(H,27,32)(H,28,29,34)/b30-14-/t11-,12+/m0/s1. The van der Waals surface area contributed by atoms with Gasteiger partial charge in [-0.2, -0.15) is 0 Å². The van der Waals surface area contributed by atoms with Gasteiger partial charge in [0.25, 0.3) is 5.91 Å². The number of azide groups is 1. The fraction of sp³-hybridized carbons (Fsp3) is 0.682. The number of esters is 1. The SMILES string of the molecule is CC(C)(C)OC(=O)Nc1nc(/C(=N/OC(C)(C)C(=O)OC(C)(C)C)C(=O)N[C@@H]2CN[C@H]2CN=[N+]=[N-])c(Cl)s1. The number of thiazole rings is 1. The van der Waals surface area contributed by atoms with E-state index in [-0.39, 0.29) is 39.5 Å². The number of nitrogens with zero attached hydrogens (tertiary/aromatic N) is 5. The average Bonchev–Trinajstić information content (AvgIpc) is 3.08. The van der Waals surface area contributed by atoms with E-state index in [1.165, 1.54) is 13.8 Å². The Bertz CT molecular complexity index is 1130. The Hall–Kier alpha value is -3.13. The predicted octanol–water partition coefficient (Wildman–Crippen LogP) is 3.75. The lowest BCUT2D eigenvalue weighted by Crippen LogP contribution is -2.66. The van der Waals surface area contributed by atoms with Crippen LogP contribution in [0.5, 0.6) is 0 Å². The predicted molar refractivity (Wildman–Crippen MR) is 142 cm³/mol. The van der Waals surface area contributed by atoms with Gasteiger partial charge in [-0.05, 0) is 60.9 Å². The molecule has 2 amide bonds. The van der Waals surface area contributed by atoms with E-state index in [4.69, 9.17) is 31.4 Å². The number of aromatic nitrogens is 1. The summed E-state index contributed by atoms with van der Waals surface area (Å²) >= 11 is 7.25. The fourth-order valence-corrected chi connectivity index (χ4v) is 3.82. The Balaban J connectivity index is 2.34. The number of hydrogen-bond donors (Lipinski definition) is 3. The van der Waals surface area contributed by atoms with Crippen LogP contribution in [0.1, 0.15) is 61.1 Å². The van der Waals surface area contributed by atoms with Gasteiger partial charge in [0.1, 0.15) is 21.2 Å². The van der Waals surface area contributed by atoms with Crippen molar-refractivity contribution in [2.75, 3.05) is 18.4 Å². The van der Waals surface area contributed by atoms with Crippen LogP contribution in [0.4, 0.5) is 9.93 Å². The van der Waals surface area contributed by atoms with Crippen molar-refractivity contribution in [1.29, 1.82) is 0 Å². The molecule has 2 heterocycles. The largest absolute Gasteiger partial charge is 0.457 e. The molecular formula is C22H33ClN8O6S. The highest BCUT2D eigenvalue weighted by Gasteiger charge is 2.37. The van der Waals surface area contributed by atoms with E-state index >= 15 is 0 Å². The molecule has 0 aliphatic carbocycles. The number of nitrogens with one attached hydrogen (secondary N) is 3. The van der Waals surface area contributed by atoms with Crippen LogP contribution < -0.4 is 16.0 Å². The molecule has 0 radical (unpaired) electrons. The molecule has 14 nitrogen and oxygen atoms in total. The summed E-state index contributed by atoms with van der Waals surface area (Å²) in [6, 6.07) is -0.667. The van der Waals surface area contributed by atoms with Crippen molar-refractivity contribution < 1.29 is 28.7 Å². The highest BCUT2D eigenvalue weighted by atomic mass is 35.5. The summed E-state index contributed by atoms with van der Waals surface area (Å²) in [6.45, 7) is 13.6. The van der Waals surface area contributed by atoms with E-state index < -0.39 is 34.8 Å². The van der Waals surface area contributed by atoms with Gasteiger partial charge in [0, 0.05) is 24.0 Å². The Morgan fingerprint density at radius 1 is 1.16 bits per heavy atom. The van der Waals surface area contributed by atoms with Crippen LogP contribution in [0.15, 0.2) is 10.3 Å². The summed E-state index contributed by atoms with van der Waals surface area (Å²) in [5, 5.41) is 15.8. The lowest BCUT2D eigenvalue weighted by atomic mass is 10.00. The van der Waals surface area contributed by atoms with Crippen molar-refractivity contribution in [1.82, 2.24) is 15.6 Å². The molecule has 0 spiro atoms. The minimum Gasteiger partial charge on any atom is -0.457 e. The molecule has 0 bridgehead atoms. The van der Waals surface area contributed by atoms with Gasteiger partial charge in [0.15, 0.2) is 10.8 Å². The van der Waals surface area contributed by atoms with Gasteiger partial charge in [0.2, 0.25) is 5.60 Å². The van der Waals surface area contributed by atoms with E-state index in [0.29, 0.717) is 6.54 Å². The molecule has 2 atom stereocenters. The van der Waals surface area contributed by atoms with Crippen LogP contribution in [0.2, 0.25) is 4.34 Å². The van der Waals surface area contributed by atoms with Crippen molar-refractivity contribution in [2.45, 2.75) is 84.3 Å². The minimum atomic E-state index is -1.57. The molecule has 1 aliphatic heterocycles. The lowest BCUT2D eigenvalue weighted by Gasteiger charge is -2.37. The summed E-state index contributed by atoms with van der Waals surface area (Å²) in [5.41, 5.74) is 5.05. The number of hydrogen-bond acceptors (Lipinski definition) is 11. The number of carbonyl (C=O) groups is 3. The second-order valence-electron chi connectivity index (χ2n) is 10.8. The Labute approximate surface area is 229 Å². The molecule has 1 aromatic rings. The molecule has 1 fully saturated rings. The Kier molecular flexibility index (Phi) is 9.94. The van der Waals surface area contributed by atoms with E-state index in [1.54, 1.807) is 41.5 Å². The summed E-state index contributed by atoms with van der Waals surface area (Å²) in [4.78, 5) is 50.5. The molecule has 16 heteroatoms. The topological polar surface area (TPSA) is 189 Å². The van der Waals surface area contributed by atoms with Crippen molar-refractivity contribution in [3.8, 4) is 0 Å². The monoisotopic (exact) mass is 572 g/mol. The number of amides is 2. The third-order valence-electron chi connectivity index (χ3n) is 4.63. The number of ether oxygens (including phenoxy) is 2. The zero-order valence-electron chi connectivity index (χ0n) is 22.5. The molecule has 1 aromatic heterocycles. The second kappa shape index (κ2) is 12.2. The van der Waals surface area contributed by atoms with Gasteiger partial charge < -0.3 is 24.9 Å². The van der Waals surface area contributed by atoms with Gasteiger partial charge in [0.05, 0.1) is 6.04 Å². The van der Waals surface area contributed by atoms with Crippen molar-refractivity contribution >= 4 is 51.8 Å². The maximum atomic E-state index is 13.3. The average molecular weight is 573 g/mol. The number of halogens is 1. The number of carbonyl (C=O) groups excluding carboxylic acids is 3. The van der Waals surface area contributed by atoms with Gasteiger partial charge in [-0.15, -0.1) is 0 Å². The first kappa shape index (κ1) is 31.1. The zero-order valence-corrected chi connectivity index (χ0v) is 24.1. The van der Waals surface area contributed by atoms with Crippen molar-refractivity contribution in [2.24, 2.45) is 10.3 Å². The van der Waals surface area contributed by atoms with Crippen LogP contribution in [0.3, 0.4) is 0 Å². The molecular weight excluding hydrogens is 540 g/mol. The molecule has 0 unspecified atom stereocenters. The van der Waals surface area contributed by atoms with Gasteiger partial charge in [-0.25, -0.2) is 14.6 Å². The molecule has 210 valence electrons. The van der Waals surface area contributed by atoms with Crippen LogP contribution in [-0.4, -0.2) is 70.6 Å². The molecule has 1 aliphatic rings. The van der Waals surface area contributed by atoms with Gasteiger partial charge in [-0.3, -0.25) is 10.1 Å². The zero-order chi connectivity index (χ0) is 28.9. The number of oxime groups is 1. The van der Waals surface area contributed by atoms with Crippen LogP contribution >= 0.6 is 22.9 Å². The molecule has 3 N–H and O–H groups in total. The summed E-state index contributed by atoms with van der Waals surface area (Å²) < 4.78 is 10.6. The van der Waals surface area contributed by atoms with E-state index in [2.05, 4.69) is 36.1 Å². The molecule has 2 rings (SSSR count). The smallest absolute Gasteiger partial charge is 0.413 e. The van der Waals surface area contributed by atoms with Crippen LogP contribution in [0.25, 0.3) is 10.4 Å². The Morgan fingerprint density at radius 2 is 1.79 bits per heavy atom. The lowest BCUT2D eigenvalue weighted by molar-refractivity contribution is -0.179. The first-order valence-corrected chi connectivity index (χ1v) is 12.8. The minimum absolute atomic E-state index is 0.0287. The van der Waals surface area contributed by atoms with Crippen LogP contribution in [0, 0.1) is 0 Å². The van der Waals surface area contributed by atoms with Crippen LogP contribution in [-0.2, 0) is 23.9 Å². The maximum absolute atomic E-state index is 13.3. The fourth-order valence-electron chi connectivity index (χ4n) is 2.79. The van der Waals surface area contributed by atoms with Gasteiger partial charge in [-0.1, -0.05) is 33.2 Å². The number of rotatable bonds is 9. The quantitative estimate of drug-likeness (QED) is 0.0994. The van der Waals surface area contributed by atoms with Crippen molar-refractivity contribution in [3.63, 3.8) is 0 Å². The molecule has 38 heavy (non-hydrogen) atoms. The number of anilines is 1. The van der Waals surface area contributed by atoms with E-state index in [1.807, 2.05) is 0 Å². The molecule has 0 aromatic carbocycles. The van der Waals surface area contributed by atoms with Gasteiger partial charge >= 0.3 is 12.1 Å². The van der Waals surface area contributed by atoms with E-state index in [9.17, 15) is 14.4 Å². The third-order valence-corrected chi connectivity index (χ3v) is 5.80. The summed E-state index contributed by atoms with van der Waals surface area (Å²) in [5.74, 6) is -1.42. The van der Waals surface area contributed by atoms with E-state index in [0.717, 1.165) is 11.3 Å². The highest BCUT2D eigenvalue weighted by molar-refractivity contribution is 7.20. The maximum Gasteiger partial charge on any atom is 0.413 e.